The highest BCUT2D eigenvalue weighted by Gasteiger charge is 2.00. The zero-order valence-electron chi connectivity index (χ0n) is 9.96. The van der Waals surface area contributed by atoms with Crippen molar-refractivity contribution in [1.82, 2.24) is 0 Å². The maximum Gasteiger partial charge on any atom is -0.00228 e. The summed E-state index contributed by atoms with van der Waals surface area (Å²) in [7, 11) is 0. The third kappa shape index (κ3) is 2.52. The van der Waals surface area contributed by atoms with Gasteiger partial charge in [-0.25, -0.2) is 0 Å². The highest BCUT2D eigenvalue weighted by Crippen LogP contribution is 2.16. The Morgan fingerprint density at radius 2 is 1.56 bits per heavy atom. The van der Waals surface area contributed by atoms with Gasteiger partial charge in [-0.05, 0) is 43.9 Å². The summed E-state index contributed by atoms with van der Waals surface area (Å²) in [5.74, 6) is 0. The fourth-order valence-corrected chi connectivity index (χ4v) is 2.12. The van der Waals surface area contributed by atoms with Crippen molar-refractivity contribution in [2.45, 2.75) is 20.3 Å². The molecule has 0 amide bonds. The Morgan fingerprint density at radius 1 is 0.938 bits per heavy atom. The van der Waals surface area contributed by atoms with Gasteiger partial charge in [-0.2, -0.15) is 0 Å². The smallest absolute Gasteiger partial charge is 0.00228 e. The van der Waals surface area contributed by atoms with E-state index in [2.05, 4.69) is 57.2 Å². The zero-order chi connectivity index (χ0) is 11.5. The van der Waals surface area contributed by atoms with Crippen LogP contribution < -0.4 is 0 Å². The van der Waals surface area contributed by atoms with Gasteiger partial charge < -0.3 is 0 Å². The normalized spacial score (nSPS) is 10.4. The minimum atomic E-state index is 0.974. The van der Waals surface area contributed by atoms with Crippen molar-refractivity contribution in [3.8, 4) is 0 Å². The highest BCUT2D eigenvalue weighted by atomic mass is 14.1. The van der Waals surface area contributed by atoms with Gasteiger partial charge in [0.15, 0.2) is 0 Å². The van der Waals surface area contributed by atoms with E-state index >= 15 is 0 Å². The lowest BCUT2D eigenvalue weighted by molar-refractivity contribution is 1.16. The number of aryl methyl sites for hydroxylation is 2. The number of benzene rings is 2. The number of rotatable bonds is 2. The fourth-order valence-electron chi connectivity index (χ4n) is 2.12. The molecule has 0 atom stereocenters. The molecule has 0 bridgehead atoms. The van der Waals surface area contributed by atoms with Gasteiger partial charge in [0.05, 0.1) is 0 Å². The molecule has 2 rings (SSSR count). The Hall–Kier alpha value is -1.56. The van der Waals surface area contributed by atoms with Crippen LogP contribution >= 0.6 is 0 Å². The van der Waals surface area contributed by atoms with Gasteiger partial charge in [0, 0.05) is 0 Å². The standard InChI is InChI=1S/C16H17/c1-12-8-13(2)10-15(9-12)11-16-7-5-4-6-14(16)3/h4-10H,3,11H2,1-2H3. The highest BCUT2D eigenvalue weighted by molar-refractivity contribution is 5.37. The summed E-state index contributed by atoms with van der Waals surface area (Å²) >= 11 is 0. The van der Waals surface area contributed by atoms with Crippen LogP contribution in [-0.2, 0) is 6.42 Å². The molecule has 0 nitrogen and oxygen atoms in total. The molecule has 0 fully saturated rings. The van der Waals surface area contributed by atoms with E-state index < -0.39 is 0 Å². The minimum Gasteiger partial charge on any atom is -0.0620 e. The topological polar surface area (TPSA) is 0 Å². The van der Waals surface area contributed by atoms with Crippen molar-refractivity contribution < 1.29 is 0 Å². The average molecular weight is 209 g/mol. The SMILES string of the molecule is [CH2]c1ccccc1Cc1cc(C)cc(C)c1. The number of hydrogen-bond acceptors (Lipinski definition) is 0. The molecule has 1 radical (unpaired) electrons. The molecule has 0 aliphatic carbocycles. The van der Waals surface area contributed by atoms with Gasteiger partial charge in [0.2, 0.25) is 0 Å². The second-order valence-corrected chi connectivity index (χ2v) is 4.44. The third-order valence-electron chi connectivity index (χ3n) is 2.79. The number of hydrogen-bond donors (Lipinski definition) is 0. The first-order valence-electron chi connectivity index (χ1n) is 5.62. The van der Waals surface area contributed by atoms with Gasteiger partial charge in [0.25, 0.3) is 0 Å². The summed E-state index contributed by atoms with van der Waals surface area (Å²) in [6.07, 6.45) is 0.974. The second kappa shape index (κ2) is 4.52. The lowest BCUT2D eigenvalue weighted by Crippen LogP contribution is -1.92. The molecule has 0 heterocycles. The summed E-state index contributed by atoms with van der Waals surface area (Å²) in [5, 5.41) is 0. The van der Waals surface area contributed by atoms with Crippen LogP contribution in [0.2, 0.25) is 0 Å². The maximum absolute atomic E-state index is 4.06. The molecule has 0 aromatic heterocycles. The van der Waals surface area contributed by atoms with Crippen molar-refractivity contribution in [2.24, 2.45) is 0 Å². The quantitative estimate of drug-likeness (QED) is 0.699. The average Bonchev–Trinajstić information content (AvgIpc) is 2.20. The van der Waals surface area contributed by atoms with Crippen LogP contribution in [0.25, 0.3) is 0 Å². The van der Waals surface area contributed by atoms with Crippen LogP contribution in [0.5, 0.6) is 0 Å². The third-order valence-corrected chi connectivity index (χ3v) is 2.79. The van der Waals surface area contributed by atoms with E-state index in [1.807, 2.05) is 6.07 Å². The molecule has 0 N–H and O–H groups in total. The molecule has 2 aromatic carbocycles. The summed E-state index contributed by atoms with van der Waals surface area (Å²) in [5.41, 5.74) is 6.47. The molecule has 2 aromatic rings. The van der Waals surface area contributed by atoms with Crippen molar-refractivity contribution in [3.63, 3.8) is 0 Å². The lowest BCUT2D eigenvalue weighted by atomic mass is 9.98. The Balaban J connectivity index is 2.30. The predicted molar refractivity (Wildman–Crippen MR) is 69.6 cm³/mol. The second-order valence-electron chi connectivity index (χ2n) is 4.44. The van der Waals surface area contributed by atoms with Crippen molar-refractivity contribution in [3.05, 3.63) is 77.2 Å². The van der Waals surface area contributed by atoms with Crippen molar-refractivity contribution >= 4 is 0 Å². The molecule has 81 valence electrons. The summed E-state index contributed by atoms with van der Waals surface area (Å²) in [4.78, 5) is 0. The van der Waals surface area contributed by atoms with Crippen LogP contribution in [-0.4, -0.2) is 0 Å². The molecule has 0 aliphatic heterocycles. The van der Waals surface area contributed by atoms with Crippen LogP contribution in [0.15, 0.2) is 42.5 Å². The lowest BCUT2D eigenvalue weighted by Gasteiger charge is -2.07. The molecule has 0 aliphatic rings. The Morgan fingerprint density at radius 3 is 2.19 bits per heavy atom. The molecule has 0 saturated heterocycles. The fraction of sp³-hybridized carbons (Fsp3) is 0.188. The molecule has 0 saturated carbocycles. The van der Waals surface area contributed by atoms with Gasteiger partial charge in [-0.3, -0.25) is 0 Å². The molecular formula is C16H17. The first kappa shape index (κ1) is 10.9. The van der Waals surface area contributed by atoms with E-state index in [9.17, 15) is 0 Å². The minimum absolute atomic E-state index is 0.974. The predicted octanol–water partition coefficient (Wildman–Crippen LogP) is 4.08. The van der Waals surface area contributed by atoms with Crippen LogP contribution in [0, 0.1) is 20.8 Å². The molecule has 0 heteroatoms. The first-order chi connectivity index (χ1) is 7.65. The maximum atomic E-state index is 4.06. The van der Waals surface area contributed by atoms with E-state index in [0.29, 0.717) is 0 Å². The summed E-state index contributed by atoms with van der Waals surface area (Å²) < 4.78 is 0. The van der Waals surface area contributed by atoms with Crippen molar-refractivity contribution in [1.29, 1.82) is 0 Å². The summed E-state index contributed by atoms with van der Waals surface area (Å²) in [6.45, 7) is 8.35. The Labute approximate surface area is 97.9 Å². The van der Waals surface area contributed by atoms with E-state index in [0.717, 1.165) is 12.0 Å². The van der Waals surface area contributed by atoms with Crippen molar-refractivity contribution in [2.75, 3.05) is 0 Å². The van der Waals surface area contributed by atoms with Gasteiger partial charge in [-0.1, -0.05) is 53.6 Å². The molecule has 0 spiro atoms. The molecule has 0 unspecified atom stereocenters. The van der Waals surface area contributed by atoms with Gasteiger partial charge in [0.1, 0.15) is 0 Å². The van der Waals surface area contributed by atoms with Crippen LogP contribution in [0.3, 0.4) is 0 Å². The van der Waals surface area contributed by atoms with Crippen LogP contribution in [0.4, 0.5) is 0 Å². The van der Waals surface area contributed by atoms with E-state index in [1.165, 1.54) is 22.3 Å². The van der Waals surface area contributed by atoms with E-state index in [4.69, 9.17) is 0 Å². The summed E-state index contributed by atoms with van der Waals surface area (Å²) in [6, 6.07) is 15.0. The Kier molecular flexibility index (Phi) is 3.09. The Bertz CT molecular complexity index is 475. The molecular weight excluding hydrogens is 192 g/mol. The zero-order valence-corrected chi connectivity index (χ0v) is 9.96. The van der Waals surface area contributed by atoms with E-state index in [-0.39, 0.29) is 0 Å². The van der Waals surface area contributed by atoms with E-state index in [1.54, 1.807) is 0 Å². The largest absolute Gasteiger partial charge is 0.0620 e. The molecule has 16 heavy (non-hydrogen) atoms. The van der Waals surface area contributed by atoms with Gasteiger partial charge in [-0.15, -0.1) is 0 Å². The van der Waals surface area contributed by atoms with Gasteiger partial charge >= 0.3 is 0 Å². The first-order valence-corrected chi connectivity index (χ1v) is 5.62. The monoisotopic (exact) mass is 209 g/mol. The van der Waals surface area contributed by atoms with Crippen LogP contribution in [0.1, 0.15) is 27.8 Å².